The van der Waals surface area contributed by atoms with E-state index in [-0.39, 0.29) is 6.04 Å². The highest BCUT2D eigenvalue weighted by atomic mass is 16.6. The number of benzene rings is 2. The second-order valence-electron chi connectivity index (χ2n) is 6.34. The Kier molecular flexibility index (Phi) is 4.59. The van der Waals surface area contributed by atoms with Crippen LogP contribution >= 0.6 is 0 Å². The maximum atomic E-state index is 11.8. The van der Waals surface area contributed by atoms with Crippen LogP contribution in [0, 0.1) is 0 Å². The van der Waals surface area contributed by atoms with Crippen LogP contribution in [0.3, 0.4) is 0 Å². The smallest absolute Gasteiger partial charge is 0.408 e. The lowest BCUT2D eigenvalue weighted by molar-refractivity contribution is 0.0508. The zero-order valence-corrected chi connectivity index (χ0v) is 13.8. The number of ether oxygens (including phenoxy) is 2. The number of carbonyl (C=O) groups is 1. The van der Waals surface area contributed by atoms with Crippen LogP contribution < -0.4 is 10.1 Å². The minimum absolute atomic E-state index is 0.124. The summed E-state index contributed by atoms with van der Waals surface area (Å²) in [6.45, 7) is 7.48. The van der Waals surface area contributed by atoms with Crippen LogP contribution in [0.25, 0.3) is 10.8 Å². The Morgan fingerprint density at radius 3 is 2.36 bits per heavy atom. The van der Waals surface area contributed by atoms with Gasteiger partial charge in [-0.2, -0.15) is 0 Å². The number of hydrogen-bond donors (Lipinski definition) is 1. The molecule has 1 unspecified atom stereocenters. The van der Waals surface area contributed by atoms with E-state index in [1.165, 1.54) is 0 Å². The quantitative estimate of drug-likeness (QED) is 0.912. The Bertz CT molecular complexity index is 674. The molecular formula is C18H23NO3. The molecule has 1 amide bonds. The van der Waals surface area contributed by atoms with Crippen molar-refractivity contribution in [1.82, 2.24) is 5.32 Å². The van der Waals surface area contributed by atoms with E-state index in [0.717, 1.165) is 22.1 Å². The molecule has 0 heterocycles. The number of methoxy groups -OCH3 is 1. The van der Waals surface area contributed by atoms with Gasteiger partial charge in [-0.25, -0.2) is 4.79 Å². The SMILES string of the molecule is COc1ccc2cc(C(C)NC(=O)OC(C)(C)C)ccc2c1. The molecule has 0 fully saturated rings. The molecule has 2 aromatic rings. The predicted octanol–water partition coefficient (Wildman–Crippen LogP) is 4.43. The van der Waals surface area contributed by atoms with Crippen LogP contribution in [0.15, 0.2) is 36.4 Å². The van der Waals surface area contributed by atoms with Gasteiger partial charge in [0.05, 0.1) is 13.2 Å². The first-order chi connectivity index (χ1) is 10.3. The van der Waals surface area contributed by atoms with Crippen LogP contribution in [0.1, 0.15) is 39.3 Å². The first-order valence-corrected chi connectivity index (χ1v) is 7.36. The van der Waals surface area contributed by atoms with Crippen LogP contribution in [-0.2, 0) is 4.74 Å². The van der Waals surface area contributed by atoms with Gasteiger partial charge in [-0.05, 0) is 62.2 Å². The van der Waals surface area contributed by atoms with Crippen molar-refractivity contribution in [2.24, 2.45) is 0 Å². The number of fused-ring (bicyclic) bond motifs is 1. The van der Waals surface area contributed by atoms with Crippen molar-refractivity contribution < 1.29 is 14.3 Å². The van der Waals surface area contributed by atoms with Crippen LogP contribution in [0.5, 0.6) is 5.75 Å². The standard InChI is InChI=1S/C18H23NO3/c1-12(19-17(20)22-18(2,3)4)13-6-7-15-11-16(21-5)9-8-14(15)10-13/h6-12H,1-5H3,(H,19,20). The minimum atomic E-state index is -0.496. The molecule has 0 aliphatic carbocycles. The van der Waals surface area contributed by atoms with Gasteiger partial charge < -0.3 is 14.8 Å². The van der Waals surface area contributed by atoms with Crippen LogP contribution in [0.4, 0.5) is 4.79 Å². The van der Waals surface area contributed by atoms with Gasteiger partial charge in [-0.3, -0.25) is 0 Å². The third-order valence-electron chi connectivity index (χ3n) is 3.30. The van der Waals surface area contributed by atoms with Crippen molar-refractivity contribution in [1.29, 1.82) is 0 Å². The monoisotopic (exact) mass is 301 g/mol. The lowest BCUT2D eigenvalue weighted by Crippen LogP contribution is -2.34. The molecule has 1 N–H and O–H groups in total. The molecule has 4 nitrogen and oxygen atoms in total. The predicted molar refractivity (Wildman–Crippen MR) is 88.3 cm³/mol. The molecule has 22 heavy (non-hydrogen) atoms. The summed E-state index contributed by atoms with van der Waals surface area (Å²) >= 11 is 0. The maximum absolute atomic E-state index is 11.8. The Morgan fingerprint density at radius 2 is 1.73 bits per heavy atom. The second-order valence-corrected chi connectivity index (χ2v) is 6.34. The van der Waals surface area contributed by atoms with Gasteiger partial charge in [-0.15, -0.1) is 0 Å². The Morgan fingerprint density at radius 1 is 1.09 bits per heavy atom. The average molecular weight is 301 g/mol. The molecule has 0 saturated heterocycles. The fraction of sp³-hybridized carbons (Fsp3) is 0.389. The van der Waals surface area contributed by atoms with E-state index in [0.29, 0.717) is 0 Å². The summed E-state index contributed by atoms with van der Waals surface area (Å²) in [7, 11) is 1.66. The molecule has 2 aromatic carbocycles. The largest absolute Gasteiger partial charge is 0.497 e. The molecule has 4 heteroatoms. The number of nitrogens with one attached hydrogen (secondary N) is 1. The number of alkyl carbamates (subject to hydrolysis) is 1. The summed E-state index contributed by atoms with van der Waals surface area (Å²) in [5.41, 5.74) is 0.535. The van der Waals surface area contributed by atoms with Crippen LogP contribution in [0.2, 0.25) is 0 Å². The highest BCUT2D eigenvalue weighted by Gasteiger charge is 2.18. The highest BCUT2D eigenvalue weighted by Crippen LogP contribution is 2.24. The zero-order valence-electron chi connectivity index (χ0n) is 13.8. The first kappa shape index (κ1) is 16.1. The topological polar surface area (TPSA) is 47.6 Å². The van der Waals surface area contributed by atoms with Gasteiger partial charge in [0.1, 0.15) is 11.4 Å². The molecule has 0 spiro atoms. The molecule has 118 valence electrons. The number of carbonyl (C=O) groups excluding carboxylic acids is 1. The first-order valence-electron chi connectivity index (χ1n) is 7.36. The van der Waals surface area contributed by atoms with Gasteiger partial charge in [0.25, 0.3) is 0 Å². The molecule has 0 aliphatic heterocycles. The molecule has 0 bridgehead atoms. The lowest BCUT2D eigenvalue weighted by Gasteiger charge is -2.22. The van der Waals surface area contributed by atoms with Crippen molar-refractivity contribution in [3.63, 3.8) is 0 Å². The number of hydrogen-bond acceptors (Lipinski definition) is 3. The fourth-order valence-electron chi connectivity index (χ4n) is 2.21. The summed E-state index contributed by atoms with van der Waals surface area (Å²) in [5, 5.41) is 5.07. The van der Waals surface area contributed by atoms with Crippen molar-refractivity contribution >= 4 is 16.9 Å². The summed E-state index contributed by atoms with van der Waals surface area (Å²) < 4.78 is 10.5. The summed E-state index contributed by atoms with van der Waals surface area (Å²) in [5.74, 6) is 0.833. The molecule has 1 atom stereocenters. The van der Waals surface area contributed by atoms with Gasteiger partial charge in [0.15, 0.2) is 0 Å². The third-order valence-corrected chi connectivity index (χ3v) is 3.30. The molecule has 0 saturated carbocycles. The Hall–Kier alpha value is -2.23. The van der Waals surface area contributed by atoms with Crippen molar-refractivity contribution in [3.8, 4) is 5.75 Å². The van der Waals surface area contributed by atoms with E-state index < -0.39 is 11.7 Å². The molecular weight excluding hydrogens is 278 g/mol. The number of amides is 1. The van der Waals surface area contributed by atoms with Crippen molar-refractivity contribution in [3.05, 3.63) is 42.0 Å². The normalized spacial score (nSPS) is 12.8. The van der Waals surface area contributed by atoms with E-state index in [2.05, 4.69) is 11.4 Å². The van der Waals surface area contributed by atoms with Crippen LogP contribution in [-0.4, -0.2) is 18.8 Å². The minimum Gasteiger partial charge on any atom is -0.497 e. The van der Waals surface area contributed by atoms with E-state index in [1.54, 1.807) is 7.11 Å². The second kappa shape index (κ2) is 6.26. The highest BCUT2D eigenvalue weighted by molar-refractivity contribution is 5.84. The summed E-state index contributed by atoms with van der Waals surface area (Å²) in [4.78, 5) is 11.8. The molecule has 2 rings (SSSR count). The number of rotatable bonds is 3. The van der Waals surface area contributed by atoms with Crippen molar-refractivity contribution in [2.45, 2.75) is 39.3 Å². The van der Waals surface area contributed by atoms with E-state index in [1.807, 2.05) is 58.0 Å². The van der Waals surface area contributed by atoms with Gasteiger partial charge in [-0.1, -0.05) is 18.2 Å². The summed E-state index contributed by atoms with van der Waals surface area (Å²) in [6, 6.07) is 11.9. The van der Waals surface area contributed by atoms with E-state index >= 15 is 0 Å². The van der Waals surface area contributed by atoms with Gasteiger partial charge >= 0.3 is 6.09 Å². The fourth-order valence-corrected chi connectivity index (χ4v) is 2.21. The van der Waals surface area contributed by atoms with Gasteiger partial charge in [0.2, 0.25) is 0 Å². The zero-order chi connectivity index (χ0) is 16.3. The molecule has 0 radical (unpaired) electrons. The van der Waals surface area contributed by atoms with Gasteiger partial charge in [0, 0.05) is 0 Å². The third kappa shape index (κ3) is 4.13. The maximum Gasteiger partial charge on any atom is 0.408 e. The average Bonchev–Trinajstić information content (AvgIpc) is 2.43. The lowest BCUT2D eigenvalue weighted by atomic mass is 10.0. The Balaban J connectivity index is 2.14. The van der Waals surface area contributed by atoms with E-state index in [4.69, 9.17) is 9.47 Å². The Labute approximate surface area is 131 Å². The van der Waals surface area contributed by atoms with Crippen molar-refractivity contribution in [2.75, 3.05) is 7.11 Å². The molecule has 0 aromatic heterocycles. The van der Waals surface area contributed by atoms with E-state index in [9.17, 15) is 4.79 Å². The summed E-state index contributed by atoms with van der Waals surface area (Å²) in [6.07, 6.45) is -0.408. The molecule has 0 aliphatic rings.